The maximum atomic E-state index is 12.6. The lowest BCUT2D eigenvalue weighted by molar-refractivity contribution is -0.133. The number of hydrogen-bond acceptors (Lipinski definition) is 5. The smallest absolute Gasteiger partial charge is 0.243 e. The van der Waals surface area contributed by atoms with E-state index in [9.17, 15) is 18.0 Å². The van der Waals surface area contributed by atoms with Gasteiger partial charge in [-0.2, -0.15) is 0 Å². The number of anilines is 1. The average Bonchev–Trinajstić information content (AvgIpc) is 3.08. The second-order valence-corrected chi connectivity index (χ2v) is 10.3. The molecule has 0 radical (unpaired) electrons. The van der Waals surface area contributed by atoms with Gasteiger partial charge in [-0.15, -0.1) is 0 Å². The molecular formula is C23H29N5O4S. The normalized spacial score (nSPS) is 11.7. The van der Waals surface area contributed by atoms with E-state index in [-0.39, 0.29) is 29.7 Å². The highest BCUT2D eigenvalue weighted by Crippen LogP contribution is 2.22. The van der Waals surface area contributed by atoms with Crippen LogP contribution in [0.25, 0.3) is 11.0 Å². The average molecular weight is 472 g/mol. The molecule has 0 saturated heterocycles. The number of rotatable bonds is 8. The highest BCUT2D eigenvalue weighted by Gasteiger charge is 2.20. The van der Waals surface area contributed by atoms with Crippen LogP contribution in [0, 0.1) is 6.92 Å². The summed E-state index contributed by atoms with van der Waals surface area (Å²) in [7, 11) is 2.81. The topological polar surface area (TPSA) is 105 Å². The Morgan fingerprint density at radius 2 is 1.73 bits per heavy atom. The number of benzene rings is 2. The molecule has 0 saturated carbocycles. The summed E-state index contributed by atoms with van der Waals surface area (Å²) in [6.07, 6.45) is 0.540. The van der Waals surface area contributed by atoms with E-state index in [1.54, 1.807) is 19.2 Å². The number of nitrogens with one attached hydrogen (secondary N) is 1. The Bertz CT molecular complexity index is 1280. The van der Waals surface area contributed by atoms with Gasteiger partial charge in [-0.1, -0.05) is 17.7 Å². The summed E-state index contributed by atoms with van der Waals surface area (Å²) in [4.78, 5) is 30.9. The molecule has 0 unspecified atom stereocenters. The predicted molar refractivity (Wildman–Crippen MR) is 127 cm³/mol. The summed E-state index contributed by atoms with van der Waals surface area (Å²) in [5.74, 6) is 0.208. The second-order valence-electron chi connectivity index (χ2n) is 8.19. The number of fused-ring (bicyclic) bond motifs is 1. The van der Waals surface area contributed by atoms with Crippen molar-refractivity contribution in [1.29, 1.82) is 0 Å². The fraction of sp³-hybridized carbons (Fsp3) is 0.348. The molecule has 0 fully saturated rings. The van der Waals surface area contributed by atoms with E-state index in [2.05, 4.69) is 10.3 Å². The Labute approximate surface area is 194 Å². The van der Waals surface area contributed by atoms with Gasteiger partial charge in [0, 0.05) is 46.7 Å². The largest absolute Gasteiger partial charge is 0.336 e. The van der Waals surface area contributed by atoms with Gasteiger partial charge in [0.25, 0.3) is 0 Å². The van der Waals surface area contributed by atoms with Gasteiger partial charge in [0.15, 0.2) is 0 Å². The van der Waals surface area contributed by atoms with Gasteiger partial charge in [0.05, 0.1) is 22.5 Å². The zero-order valence-corrected chi connectivity index (χ0v) is 20.3. The summed E-state index contributed by atoms with van der Waals surface area (Å²) in [6.45, 7) is 1.91. The van der Waals surface area contributed by atoms with E-state index in [1.165, 1.54) is 25.1 Å². The van der Waals surface area contributed by atoms with Gasteiger partial charge < -0.3 is 14.8 Å². The lowest BCUT2D eigenvalue weighted by Crippen LogP contribution is -2.35. The van der Waals surface area contributed by atoms with Gasteiger partial charge in [0.1, 0.15) is 5.82 Å². The molecule has 1 heterocycles. The Morgan fingerprint density at radius 1 is 1.06 bits per heavy atom. The number of carbonyl (C=O) groups is 2. The molecule has 1 N–H and O–H groups in total. The van der Waals surface area contributed by atoms with E-state index < -0.39 is 10.0 Å². The van der Waals surface area contributed by atoms with E-state index in [4.69, 9.17) is 0 Å². The van der Waals surface area contributed by atoms with Crippen molar-refractivity contribution in [3.05, 3.63) is 53.9 Å². The summed E-state index contributed by atoms with van der Waals surface area (Å²) in [6, 6.07) is 12.2. The van der Waals surface area contributed by atoms with Gasteiger partial charge in [-0.3, -0.25) is 9.59 Å². The standard InChI is InChI=1S/C23H29N5O4S/c1-16-6-8-17(9-7-16)24-22(29)15-27(4)23(30)13-12-21-25-19-14-18(33(31,32)26(2)3)10-11-20(19)28(21)5/h6-11,14H,12-13,15H2,1-5H3,(H,24,29). The number of amides is 2. The number of aromatic nitrogens is 2. The number of carbonyl (C=O) groups excluding carboxylic acids is 2. The van der Waals surface area contributed by atoms with E-state index in [1.807, 2.05) is 42.8 Å². The Balaban J connectivity index is 1.63. The summed E-state index contributed by atoms with van der Waals surface area (Å²) < 4.78 is 27.8. The first-order valence-corrected chi connectivity index (χ1v) is 11.9. The minimum absolute atomic E-state index is 0.0546. The molecule has 0 spiro atoms. The van der Waals surface area contributed by atoms with Crippen molar-refractivity contribution in [3.8, 4) is 0 Å². The van der Waals surface area contributed by atoms with Crippen molar-refractivity contribution in [2.45, 2.75) is 24.7 Å². The Kier molecular flexibility index (Phi) is 7.19. The minimum Gasteiger partial charge on any atom is -0.336 e. The van der Waals surface area contributed by atoms with Crippen molar-refractivity contribution < 1.29 is 18.0 Å². The summed E-state index contributed by atoms with van der Waals surface area (Å²) in [5.41, 5.74) is 3.11. The molecule has 0 aliphatic carbocycles. The molecule has 2 aromatic carbocycles. The van der Waals surface area contributed by atoms with Crippen LogP contribution in [0.2, 0.25) is 0 Å². The molecular weight excluding hydrogens is 442 g/mol. The minimum atomic E-state index is -3.56. The van der Waals surface area contributed by atoms with Crippen LogP contribution in [0.3, 0.4) is 0 Å². The van der Waals surface area contributed by atoms with Crippen LogP contribution in [-0.2, 0) is 33.1 Å². The van der Waals surface area contributed by atoms with Crippen LogP contribution in [0.1, 0.15) is 17.8 Å². The third-order valence-electron chi connectivity index (χ3n) is 5.43. The maximum absolute atomic E-state index is 12.6. The van der Waals surface area contributed by atoms with Gasteiger partial charge in [0.2, 0.25) is 21.8 Å². The molecule has 9 nitrogen and oxygen atoms in total. The van der Waals surface area contributed by atoms with Crippen LogP contribution in [0.4, 0.5) is 5.69 Å². The van der Waals surface area contributed by atoms with E-state index in [0.717, 1.165) is 15.4 Å². The van der Waals surface area contributed by atoms with Crippen molar-refractivity contribution in [1.82, 2.24) is 18.8 Å². The zero-order chi connectivity index (χ0) is 24.3. The van der Waals surface area contributed by atoms with Gasteiger partial charge in [-0.25, -0.2) is 17.7 Å². The summed E-state index contributed by atoms with van der Waals surface area (Å²) >= 11 is 0. The molecule has 2 amide bonds. The second kappa shape index (κ2) is 9.72. The first kappa shape index (κ1) is 24.4. The molecule has 0 aliphatic rings. The predicted octanol–water partition coefficient (Wildman–Crippen LogP) is 2.16. The van der Waals surface area contributed by atoms with Crippen molar-refractivity contribution in [2.24, 2.45) is 7.05 Å². The molecule has 3 rings (SSSR count). The molecule has 10 heteroatoms. The lowest BCUT2D eigenvalue weighted by atomic mass is 10.2. The molecule has 0 bridgehead atoms. The van der Waals surface area contributed by atoms with Crippen LogP contribution >= 0.6 is 0 Å². The molecule has 33 heavy (non-hydrogen) atoms. The van der Waals surface area contributed by atoms with Crippen LogP contribution in [0.15, 0.2) is 47.4 Å². The monoisotopic (exact) mass is 471 g/mol. The lowest BCUT2D eigenvalue weighted by Gasteiger charge is -2.17. The number of nitrogens with zero attached hydrogens (tertiary/aromatic N) is 4. The van der Waals surface area contributed by atoms with Crippen LogP contribution < -0.4 is 5.32 Å². The number of hydrogen-bond donors (Lipinski definition) is 1. The van der Waals surface area contributed by atoms with Crippen LogP contribution in [0.5, 0.6) is 0 Å². The molecule has 0 aliphatic heterocycles. The number of imidazole rings is 1. The molecule has 0 atom stereocenters. The molecule has 1 aromatic heterocycles. The Hall–Kier alpha value is -3.24. The molecule has 3 aromatic rings. The number of sulfonamides is 1. The Morgan fingerprint density at radius 3 is 2.36 bits per heavy atom. The first-order chi connectivity index (χ1) is 15.5. The fourth-order valence-corrected chi connectivity index (χ4v) is 4.30. The SMILES string of the molecule is Cc1ccc(NC(=O)CN(C)C(=O)CCc2nc3cc(S(=O)(=O)N(C)C)ccc3n2C)cc1. The first-order valence-electron chi connectivity index (χ1n) is 10.5. The molecule has 176 valence electrons. The number of aryl methyl sites for hydroxylation is 3. The quantitative estimate of drug-likeness (QED) is 0.542. The van der Waals surface area contributed by atoms with Crippen molar-refractivity contribution in [3.63, 3.8) is 0 Å². The van der Waals surface area contributed by atoms with Crippen molar-refractivity contribution in [2.75, 3.05) is 33.0 Å². The zero-order valence-electron chi connectivity index (χ0n) is 19.5. The highest BCUT2D eigenvalue weighted by atomic mass is 32.2. The third kappa shape index (κ3) is 5.58. The van der Waals surface area contributed by atoms with E-state index in [0.29, 0.717) is 23.4 Å². The number of likely N-dealkylation sites (N-methyl/N-ethyl adjacent to an activating group) is 1. The van der Waals surface area contributed by atoms with Crippen LogP contribution in [-0.4, -0.2) is 66.7 Å². The fourth-order valence-electron chi connectivity index (χ4n) is 3.37. The van der Waals surface area contributed by atoms with Gasteiger partial charge >= 0.3 is 0 Å². The summed E-state index contributed by atoms with van der Waals surface area (Å²) in [5, 5.41) is 2.78. The van der Waals surface area contributed by atoms with E-state index >= 15 is 0 Å². The van der Waals surface area contributed by atoms with Crippen molar-refractivity contribution >= 4 is 38.6 Å². The third-order valence-corrected chi connectivity index (χ3v) is 7.24. The van der Waals surface area contributed by atoms with Gasteiger partial charge in [-0.05, 0) is 37.3 Å². The maximum Gasteiger partial charge on any atom is 0.243 e. The highest BCUT2D eigenvalue weighted by molar-refractivity contribution is 7.89.